The van der Waals surface area contributed by atoms with Crippen molar-refractivity contribution in [3.8, 4) is 22.6 Å². The lowest BCUT2D eigenvalue weighted by Crippen LogP contribution is -2.50. The zero-order valence-electron chi connectivity index (χ0n) is 20.4. The third kappa shape index (κ3) is 4.32. The van der Waals surface area contributed by atoms with Gasteiger partial charge in [-0.05, 0) is 34.6 Å². The Kier molecular flexibility index (Phi) is 6.46. The van der Waals surface area contributed by atoms with Gasteiger partial charge in [-0.2, -0.15) is 8.61 Å². The molecule has 0 radical (unpaired) electrons. The van der Waals surface area contributed by atoms with E-state index in [1.165, 1.54) is 22.8 Å². The molecular weight excluding hydrogens is 536 g/mol. The second kappa shape index (κ2) is 9.50. The number of rotatable bonds is 6. The average molecular weight is 561 g/mol. The summed E-state index contributed by atoms with van der Waals surface area (Å²) in [6.07, 6.45) is 2.96. The van der Waals surface area contributed by atoms with Crippen molar-refractivity contribution >= 4 is 36.8 Å². The van der Waals surface area contributed by atoms with Gasteiger partial charge in [0.15, 0.2) is 22.5 Å². The maximum Gasteiger partial charge on any atom is 0.245 e. The zero-order chi connectivity index (χ0) is 27.2. The van der Waals surface area contributed by atoms with Crippen LogP contribution in [0.4, 0.5) is 5.69 Å². The molecule has 0 saturated carbocycles. The van der Waals surface area contributed by atoms with Crippen LogP contribution in [0.1, 0.15) is 0 Å². The van der Waals surface area contributed by atoms with E-state index in [9.17, 15) is 27.0 Å². The Balaban J connectivity index is 1.43. The number of phenolic OH excluding ortho intramolecular Hbond substituents is 2. The molecule has 4 aromatic rings. The van der Waals surface area contributed by atoms with Crippen LogP contribution in [0.3, 0.4) is 0 Å². The van der Waals surface area contributed by atoms with E-state index in [1.807, 2.05) is 0 Å². The summed E-state index contributed by atoms with van der Waals surface area (Å²) in [5, 5.41) is 27.7. The van der Waals surface area contributed by atoms with Crippen LogP contribution in [-0.2, 0) is 20.0 Å². The minimum Gasteiger partial charge on any atom is -0.504 e. The highest BCUT2D eigenvalue weighted by Crippen LogP contribution is 2.38. The van der Waals surface area contributed by atoms with E-state index in [-0.39, 0.29) is 47.1 Å². The first-order valence-corrected chi connectivity index (χ1v) is 14.3. The van der Waals surface area contributed by atoms with E-state index < -0.39 is 31.5 Å². The molecule has 2 N–H and O–H groups in total. The van der Waals surface area contributed by atoms with Crippen molar-refractivity contribution in [3.63, 3.8) is 0 Å². The van der Waals surface area contributed by atoms with Crippen LogP contribution in [0.25, 0.3) is 22.2 Å². The normalized spacial score (nSPS) is 15.6. The maximum absolute atomic E-state index is 13.6. The second-order valence-corrected chi connectivity index (χ2v) is 12.6. The summed E-state index contributed by atoms with van der Waals surface area (Å²) in [5.41, 5.74) is 1.61. The predicted molar refractivity (Wildman–Crippen MR) is 137 cm³/mol. The molecule has 5 rings (SSSR count). The standard InChI is InChI=1S/C23H24N6O7S2/c1-27(2)17-5-6-20(23-22(17)25-36-26-23)37(32,33)28-8-10-29(11-9-28)38(34,35)21-13-19(31)18(30)12-16(21)15-4-3-7-24-14-15/h3-7,12-14,30-31H,8-11H2,1-2H3. The summed E-state index contributed by atoms with van der Waals surface area (Å²) in [4.78, 5) is 5.44. The lowest BCUT2D eigenvalue weighted by atomic mass is 10.1. The summed E-state index contributed by atoms with van der Waals surface area (Å²) >= 11 is 0. The predicted octanol–water partition coefficient (Wildman–Crippen LogP) is 1.46. The zero-order valence-corrected chi connectivity index (χ0v) is 22.0. The van der Waals surface area contributed by atoms with Gasteiger partial charge in [0.05, 0.1) is 10.6 Å². The molecule has 1 aliphatic heterocycles. The van der Waals surface area contributed by atoms with E-state index in [0.717, 1.165) is 16.4 Å². The van der Waals surface area contributed by atoms with Crippen molar-refractivity contribution in [2.75, 3.05) is 45.2 Å². The van der Waals surface area contributed by atoms with Crippen LogP contribution in [-0.4, -0.2) is 91.2 Å². The number of piperazine rings is 1. The van der Waals surface area contributed by atoms with Crippen molar-refractivity contribution in [2.24, 2.45) is 0 Å². The molecule has 0 aliphatic carbocycles. The minimum absolute atomic E-state index is 0.0852. The third-order valence-electron chi connectivity index (χ3n) is 6.32. The van der Waals surface area contributed by atoms with E-state index in [4.69, 9.17) is 4.63 Å². The quantitative estimate of drug-likeness (QED) is 0.327. The number of phenols is 2. The van der Waals surface area contributed by atoms with Crippen LogP contribution in [0, 0.1) is 0 Å². The van der Waals surface area contributed by atoms with Crippen molar-refractivity contribution in [3.05, 3.63) is 48.8 Å². The molecule has 2 aromatic carbocycles. The highest BCUT2D eigenvalue weighted by Gasteiger charge is 2.37. The van der Waals surface area contributed by atoms with Gasteiger partial charge in [0.1, 0.15) is 4.90 Å². The van der Waals surface area contributed by atoms with E-state index in [0.29, 0.717) is 16.8 Å². The third-order valence-corrected chi connectivity index (χ3v) is 10.2. The average Bonchev–Trinajstić information content (AvgIpc) is 3.39. The summed E-state index contributed by atoms with van der Waals surface area (Å²) in [5.74, 6) is -1.07. The minimum atomic E-state index is -4.18. The van der Waals surface area contributed by atoms with Crippen LogP contribution in [0.15, 0.2) is 63.2 Å². The van der Waals surface area contributed by atoms with Crippen molar-refractivity contribution in [1.82, 2.24) is 23.9 Å². The largest absolute Gasteiger partial charge is 0.504 e. The van der Waals surface area contributed by atoms with Gasteiger partial charge >= 0.3 is 0 Å². The smallest absolute Gasteiger partial charge is 0.245 e. The topological polar surface area (TPSA) is 170 Å². The Hall–Kier alpha value is -3.79. The molecule has 200 valence electrons. The number of aromatic nitrogens is 3. The molecule has 0 atom stereocenters. The van der Waals surface area contributed by atoms with Crippen LogP contribution < -0.4 is 4.90 Å². The Morgan fingerprint density at radius 2 is 1.45 bits per heavy atom. The molecule has 0 unspecified atom stereocenters. The maximum atomic E-state index is 13.6. The molecule has 15 heteroatoms. The second-order valence-electron chi connectivity index (χ2n) is 8.83. The highest BCUT2D eigenvalue weighted by molar-refractivity contribution is 7.89. The molecular formula is C23H24N6O7S2. The van der Waals surface area contributed by atoms with Crippen molar-refractivity contribution < 1.29 is 31.7 Å². The van der Waals surface area contributed by atoms with E-state index >= 15 is 0 Å². The number of nitrogens with zero attached hydrogens (tertiary/aromatic N) is 6. The first-order chi connectivity index (χ1) is 18.0. The molecule has 3 heterocycles. The van der Waals surface area contributed by atoms with Crippen LogP contribution >= 0.6 is 0 Å². The molecule has 13 nitrogen and oxygen atoms in total. The summed E-state index contributed by atoms with van der Waals surface area (Å²) in [6.45, 7) is -0.497. The molecule has 1 saturated heterocycles. The Morgan fingerprint density at radius 1 is 0.842 bits per heavy atom. The number of anilines is 1. The number of hydrogen-bond donors (Lipinski definition) is 2. The molecule has 1 aliphatic rings. The van der Waals surface area contributed by atoms with Gasteiger partial charge in [0.2, 0.25) is 20.0 Å². The van der Waals surface area contributed by atoms with Crippen LogP contribution in [0.2, 0.25) is 0 Å². The van der Waals surface area contributed by atoms with Gasteiger partial charge in [0.25, 0.3) is 0 Å². The number of pyridine rings is 1. The Labute approximate surface area is 218 Å². The summed E-state index contributed by atoms with van der Waals surface area (Å²) < 4.78 is 61.4. The summed E-state index contributed by atoms with van der Waals surface area (Å²) in [7, 11) is -4.67. The monoisotopic (exact) mass is 560 g/mol. The fraction of sp³-hybridized carbons (Fsp3) is 0.261. The number of sulfonamides is 2. The number of benzene rings is 2. The van der Waals surface area contributed by atoms with Crippen LogP contribution in [0.5, 0.6) is 11.5 Å². The Morgan fingerprint density at radius 3 is 2.05 bits per heavy atom. The summed E-state index contributed by atoms with van der Waals surface area (Å²) in [6, 6.07) is 8.43. The molecule has 0 amide bonds. The lowest BCUT2D eigenvalue weighted by Gasteiger charge is -2.33. The highest BCUT2D eigenvalue weighted by atomic mass is 32.2. The molecule has 2 aromatic heterocycles. The van der Waals surface area contributed by atoms with E-state index in [1.54, 1.807) is 37.2 Å². The lowest BCUT2D eigenvalue weighted by molar-refractivity contribution is 0.272. The van der Waals surface area contributed by atoms with Gasteiger partial charge < -0.3 is 15.1 Å². The van der Waals surface area contributed by atoms with Gasteiger partial charge in [-0.15, -0.1) is 0 Å². The molecule has 38 heavy (non-hydrogen) atoms. The fourth-order valence-corrected chi connectivity index (χ4v) is 7.53. The van der Waals surface area contributed by atoms with Gasteiger partial charge in [-0.25, -0.2) is 21.5 Å². The number of hydrogen-bond acceptors (Lipinski definition) is 11. The van der Waals surface area contributed by atoms with Gasteiger partial charge in [-0.3, -0.25) is 4.98 Å². The SMILES string of the molecule is CN(C)c1ccc(S(=O)(=O)N2CCN(S(=O)(=O)c3cc(O)c(O)cc3-c3cccnc3)CC2)c2nonc12. The first-order valence-electron chi connectivity index (χ1n) is 11.4. The number of fused-ring (bicyclic) bond motifs is 1. The van der Waals surface area contributed by atoms with Gasteiger partial charge in [0, 0.05) is 69.9 Å². The van der Waals surface area contributed by atoms with Crippen molar-refractivity contribution in [2.45, 2.75) is 9.79 Å². The first kappa shape index (κ1) is 25.8. The molecule has 1 fully saturated rings. The van der Waals surface area contributed by atoms with Crippen molar-refractivity contribution in [1.29, 1.82) is 0 Å². The van der Waals surface area contributed by atoms with Gasteiger partial charge in [-0.1, -0.05) is 6.07 Å². The fourth-order valence-electron chi connectivity index (χ4n) is 4.35. The molecule has 0 bridgehead atoms. The Bertz CT molecular complexity index is 1720. The number of aromatic hydroxyl groups is 2. The molecule has 0 spiro atoms. The van der Waals surface area contributed by atoms with E-state index in [2.05, 4.69) is 15.3 Å².